The fourth-order valence-corrected chi connectivity index (χ4v) is 2.04. The maximum atomic E-state index is 12.0. The molecule has 0 unspecified atom stereocenters. The average molecular weight is 232 g/mol. The molecule has 1 aromatic carbocycles. The molecule has 1 fully saturated rings. The smallest absolute Gasteiger partial charge is 0.306 e. The average Bonchev–Trinajstić information content (AvgIpc) is 2.39. The Morgan fingerprint density at radius 1 is 1.24 bits per heavy atom. The SMILES string of the molecule is O=C(O)C1CCN(C(=O)c2cc[c]cc2)CC1. The highest BCUT2D eigenvalue weighted by Crippen LogP contribution is 2.19. The number of likely N-dealkylation sites (tertiary alicyclic amines) is 1. The fourth-order valence-electron chi connectivity index (χ4n) is 2.04. The summed E-state index contributed by atoms with van der Waals surface area (Å²) in [5, 5.41) is 8.87. The van der Waals surface area contributed by atoms with Crippen LogP contribution in [-0.4, -0.2) is 35.0 Å². The molecule has 0 aromatic heterocycles. The highest BCUT2D eigenvalue weighted by molar-refractivity contribution is 5.94. The van der Waals surface area contributed by atoms with E-state index < -0.39 is 5.97 Å². The normalized spacial score (nSPS) is 16.8. The zero-order chi connectivity index (χ0) is 12.3. The van der Waals surface area contributed by atoms with E-state index in [1.165, 1.54) is 0 Å². The molecule has 1 N–H and O–H groups in total. The first-order chi connectivity index (χ1) is 8.18. The number of rotatable bonds is 2. The van der Waals surface area contributed by atoms with Gasteiger partial charge >= 0.3 is 5.97 Å². The van der Waals surface area contributed by atoms with Gasteiger partial charge in [0.15, 0.2) is 0 Å². The van der Waals surface area contributed by atoms with Gasteiger partial charge in [-0.15, -0.1) is 0 Å². The molecule has 1 aliphatic heterocycles. The summed E-state index contributed by atoms with van der Waals surface area (Å²) >= 11 is 0. The summed E-state index contributed by atoms with van der Waals surface area (Å²) in [7, 11) is 0. The lowest BCUT2D eigenvalue weighted by molar-refractivity contribution is -0.143. The highest BCUT2D eigenvalue weighted by Gasteiger charge is 2.27. The van der Waals surface area contributed by atoms with Crippen LogP contribution in [0.15, 0.2) is 24.3 Å². The third-order valence-electron chi connectivity index (χ3n) is 3.10. The number of amides is 1. The molecule has 4 nitrogen and oxygen atoms in total. The zero-order valence-electron chi connectivity index (χ0n) is 9.43. The summed E-state index contributed by atoms with van der Waals surface area (Å²) in [5.41, 5.74) is 0.637. The Morgan fingerprint density at radius 3 is 2.35 bits per heavy atom. The number of piperidine rings is 1. The van der Waals surface area contributed by atoms with E-state index >= 15 is 0 Å². The fraction of sp³-hybridized carbons (Fsp3) is 0.385. The maximum absolute atomic E-state index is 12.0. The van der Waals surface area contributed by atoms with Gasteiger partial charge in [0.25, 0.3) is 5.91 Å². The number of hydrogen-bond acceptors (Lipinski definition) is 2. The lowest BCUT2D eigenvalue weighted by atomic mass is 9.96. The maximum Gasteiger partial charge on any atom is 0.306 e. The van der Waals surface area contributed by atoms with E-state index in [1.54, 1.807) is 29.2 Å². The largest absolute Gasteiger partial charge is 0.481 e. The molecule has 4 heteroatoms. The summed E-state index contributed by atoms with van der Waals surface area (Å²) in [6.45, 7) is 1.04. The predicted octanol–water partition coefficient (Wildman–Crippen LogP) is 1.42. The lowest BCUT2D eigenvalue weighted by Crippen LogP contribution is -2.40. The summed E-state index contributed by atoms with van der Waals surface area (Å²) in [4.78, 5) is 24.6. The molecule has 0 spiro atoms. The standard InChI is InChI=1S/C13H14NO3/c15-12(10-4-2-1-3-5-10)14-8-6-11(7-9-14)13(16)17/h2-5,11H,6-9H2,(H,16,17). The lowest BCUT2D eigenvalue weighted by Gasteiger charge is -2.30. The van der Waals surface area contributed by atoms with Crippen LogP contribution in [0.2, 0.25) is 0 Å². The Hall–Kier alpha value is -1.84. The molecule has 1 aliphatic rings. The van der Waals surface area contributed by atoms with E-state index in [1.807, 2.05) is 0 Å². The van der Waals surface area contributed by atoms with Gasteiger partial charge in [-0.3, -0.25) is 9.59 Å². The van der Waals surface area contributed by atoms with Crippen LogP contribution in [0.3, 0.4) is 0 Å². The first-order valence-electron chi connectivity index (χ1n) is 5.66. The zero-order valence-corrected chi connectivity index (χ0v) is 9.43. The van der Waals surface area contributed by atoms with Gasteiger partial charge < -0.3 is 10.0 Å². The van der Waals surface area contributed by atoms with Gasteiger partial charge in [0.1, 0.15) is 0 Å². The number of carbonyl (C=O) groups excluding carboxylic acids is 1. The van der Waals surface area contributed by atoms with Gasteiger partial charge in [0.05, 0.1) is 5.92 Å². The quantitative estimate of drug-likeness (QED) is 0.839. The van der Waals surface area contributed by atoms with E-state index in [0.717, 1.165) is 0 Å². The molecular formula is C13H14NO3. The number of carboxylic acids is 1. The monoisotopic (exact) mass is 232 g/mol. The molecule has 0 aliphatic carbocycles. The van der Waals surface area contributed by atoms with Crippen molar-refractivity contribution in [2.75, 3.05) is 13.1 Å². The molecule has 89 valence electrons. The van der Waals surface area contributed by atoms with Gasteiger partial charge in [-0.05, 0) is 31.0 Å². The molecule has 17 heavy (non-hydrogen) atoms. The molecule has 0 bridgehead atoms. The summed E-state index contributed by atoms with van der Waals surface area (Å²) in [5.74, 6) is -1.09. The van der Waals surface area contributed by atoms with E-state index in [-0.39, 0.29) is 11.8 Å². The van der Waals surface area contributed by atoms with Crippen molar-refractivity contribution in [3.63, 3.8) is 0 Å². The molecule has 0 atom stereocenters. The van der Waals surface area contributed by atoms with Gasteiger partial charge in [-0.25, -0.2) is 0 Å². The van der Waals surface area contributed by atoms with Crippen LogP contribution in [0.1, 0.15) is 23.2 Å². The summed E-state index contributed by atoms with van der Waals surface area (Å²) in [6, 6.07) is 9.73. The van der Waals surface area contributed by atoms with Crippen molar-refractivity contribution in [3.8, 4) is 0 Å². The van der Waals surface area contributed by atoms with Crippen molar-refractivity contribution in [2.45, 2.75) is 12.8 Å². The molecule has 2 rings (SSSR count). The third kappa shape index (κ3) is 2.64. The van der Waals surface area contributed by atoms with Crippen molar-refractivity contribution in [1.29, 1.82) is 0 Å². The first-order valence-corrected chi connectivity index (χ1v) is 5.66. The van der Waals surface area contributed by atoms with Crippen LogP contribution in [0.4, 0.5) is 0 Å². The Balaban J connectivity index is 1.98. The Morgan fingerprint density at radius 2 is 1.82 bits per heavy atom. The van der Waals surface area contributed by atoms with Crippen LogP contribution >= 0.6 is 0 Å². The molecule has 1 radical (unpaired) electrons. The number of hydrogen-bond donors (Lipinski definition) is 1. The molecule has 1 heterocycles. The topological polar surface area (TPSA) is 57.6 Å². The number of nitrogens with zero attached hydrogens (tertiary/aromatic N) is 1. The van der Waals surface area contributed by atoms with Crippen molar-refractivity contribution in [3.05, 3.63) is 35.9 Å². The van der Waals surface area contributed by atoms with Crippen LogP contribution in [0.5, 0.6) is 0 Å². The molecule has 1 saturated heterocycles. The van der Waals surface area contributed by atoms with Crippen LogP contribution < -0.4 is 0 Å². The first kappa shape index (κ1) is 11.6. The van der Waals surface area contributed by atoms with E-state index in [9.17, 15) is 9.59 Å². The Bertz CT molecular complexity index is 408. The number of carboxylic acid groups (broad SMARTS) is 1. The van der Waals surface area contributed by atoms with E-state index in [2.05, 4.69) is 6.07 Å². The van der Waals surface area contributed by atoms with Gasteiger partial charge in [-0.1, -0.05) is 12.1 Å². The van der Waals surface area contributed by atoms with Gasteiger partial charge in [0, 0.05) is 18.7 Å². The van der Waals surface area contributed by atoms with Crippen molar-refractivity contribution in [1.82, 2.24) is 4.90 Å². The molecule has 1 aromatic rings. The second-order valence-electron chi connectivity index (χ2n) is 4.19. The Labute approximate surface area is 99.9 Å². The molecule has 1 amide bonds. The van der Waals surface area contributed by atoms with Crippen molar-refractivity contribution >= 4 is 11.9 Å². The van der Waals surface area contributed by atoms with Crippen LogP contribution in [-0.2, 0) is 4.79 Å². The van der Waals surface area contributed by atoms with Crippen molar-refractivity contribution < 1.29 is 14.7 Å². The number of carbonyl (C=O) groups is 2. The van der Waals surface area contributed by atoms with Crippen LogP contribution in [0.25, 0.3) is 0 Å². The summed E-state index contributed by atoms with van der Waals surface area (Å²) < 4.78 is 0. The highest BCUT2D eigenvalue weighted by atomic mass is 16.4. The molecule has 0 saturated carbocycles. The minimum absolute atomic E-state index is 0.0251. The second kappa shape index (κ2) is 4.99. The third-order valence-corrected chi connectivity index (χ3v) is 3.10. The van der Waals surface area contributed by atoms with E-state index in [4.69, 9.17) is 5.11 Å². The second-order valence-corrected chi connectivity index (χ2v) is 4.19. The van der Waals surface area contributed by atoms with Crippen molar-refractivity contribution in [2.24, 2.45) is 5.92 Å². The predicted molar refractivity (Wildman–Crippen MR) is 61.5 cm³/mol. The minimum Gasteiger partial charge on any atom is -0.481 e. The minimum atomic E-state index is -0.758. The van der Waals surface area contributed by atoms with Gasteiger partial charge in [0.2, 0.25) is 0 Å². The number of aliphatic carboxylic acids is 1. The van der Waals surface area contributed by atoms with Gasteiger partial charge in [-0.2, -0.15) is 0 Å². The molecular weight excluding hydrogens is 218 g/mol. The van der Waals surface area contributed by atoms with Crippen LogP contribution in [0, 0.1) is 12.0 Å². The Kier molecular flexibility index (Phi) is 3.42. The number of benzene rings is 1. The van der Waals surface area contributed by atoms with E-state index in [0.29, 0.717) is 31.5 Å². The summed E-state index contributed by atoms with van der Waals surface area (Å²) in [6.07, 6.45) is 1.08.